The van der Waals surface area contributed by atoms with E-state index in [0.717, 1.165) is 22.2 Å². The second kappa shape index (κ2) is 10.6. The molecule has 11 heteroatoms. The van der Waals surface area contributed by atoms with Gasteiger partial charge < -0.3 is 4.74 Å². The molecule has 4 rings (SSSR count). The van der Waals surface area contributed by atoms with Crippen molar-refractivity contribution in [1.29, 1.82) is 0 Å². The number of hydroxylamine groups is 1. The highest BCUT2D eigenvalue weighted by Crippen LogP contribution is 2.45. The van der Waals surface area contributed by atoms with E-state index < -0.39 is 30.0 Å². The molecule has 1 aliphatic rings. The van der Waals surface area contributed by atoms with Gasteiger partial charge in [-0.2, -0.15) is 24.9 Å². The zero-order chi connectivity index (χ0) is 26.8. The fourth-order valence-corrected chi connectivity index (χ4v) is 6.12. The standard InChI is InChI=1S/C26H26F3N3O4S/c1-16-11-18(21-5-3-4-6-22(21)30-16)14-36-20-9-7-19(8-10-20)32(24(34)26(27,28)29)25(13-23(33)31-35)12-17(2)37-15-25/h3-11,17,35H,12-15H2,1-2H3,(H,31,33). The lowest BCUT2D eigenvalue weighted by atomic mass is 9.88. The Morgan fingerprint density at radius 3 is 2.54 bits per heavy atom. The van der Waals surface area contributed by atoms with Crippen LogP contribution >= 0.6 is 11.8 Å². The summed E-state index contributed by atoms with van der Waals surface area (Å²) in [5, 5.41) is 9.89. The van der Waals surface area contributed by atoms with Crippen LogP contribution in [0.25, 0.3) is 10.9 Å². The van der Waals surface area contributed by atoms with Crippen LogP contribution in [0.1, 0.15) is 31.0 Å². The van der Waals surface area contributed by atoms with E-state index in [2.05, 4.69) is 4.98 Å². The number of pyridine rings is 1. The number of rotatable bonds is 7. The van der Waals surface area contributed by atoms with Crippen LogP contribution in [-0.4, -0.2) is 44.7 Å². The zero-order valence-electron chi connectivity index (χ0n) is 20.2. The number of anilines is 1. The minimum absolute atomic E-state index is 0.0136. The fourth-order valence-electron chi connectivity index (χ4n) is 4.75. The number of fused-ring (bicyclic) bond motifs is 1. The number of aryl methyl sites for hydroxylation is 1. The van der Waals surface area contributed by atoms with Crippen LogP contribution in [0.4, 0.5) is 18.9 Å². The molecule has 0 spiro atoms. The molecule has 1 fully saturated rings. The number of aromatic nitrogens is 1. The molecule has 7 nitrogen and oxygen atoms in total. The summed E-state index contributed by atoms with van der Waals surface area (Å²) in [5.74, 6) is -2.43. The van der Waals surface area contributed by atoms with Crippen molar-refractivity contribution >= 4 is 40.2 Å². The molecule has 196 valence electrons. The Morgan fingerprint density at radius 2 is 1.92 bits per heavy atom. The van der Waals surface area contributed by atoms with E-state index in [1.165, 1.54) is 41.5 Å². The Balaban J connectivity index is 1.63. The first kappa shape index (κ1) is 26.7. The van der Waals surface area contributed by atoms with Crippen molar-refractivity contribution < 1.29 is 32.7 Å². The molecule has 1 aromatic heterocycles. The molecular weight excluding hydrogens is 507 g/mol. The molecule has 1 aliphatic heterocycles. The average Bonchev–Trinajstić information content (AvgIpc) is 3.23. The summed E-state index contributed by atoms with van der Waals surface area (Å²) >= 11 is 1.37. The van der Waals surface area contributed by atoms with Crippen LogP contribution in [0, 0.1) is 6.92 Å². The van der Waals surface area contributed by atoms with Crippen molar-refractivity contribution in [2.45, 2.75) is 50.3 Å². The number of nitrogens with zero attached hydrogens (tertiary/aromatic N) is 2. The third kappa shape index (κ3) is 5.83. The summed E-state index contributed by atoms with van der Waals surface area (Å²) < 4.78 is 47.0. The van der Waals surface area contributed by atoms with Gasteiger partial charge in [-0.1, -0.05) is 25.1 Å². The van der Waals surface area contributed by atoms with E-state index in [4.69, 9.17) is 9.94 Å². The lowest BCUT2D eigenvalue weighted by molar-refractivity contribution is -0.171. The van der Waals surface area contributed by atoms with Gasteiger partial charge >= 0.3 is 12.1 Å². The Labute approximate surface area is 216 Å². The van der Waals surface area contributed by atoms with Crippen LogP contribution in [0.2, 0.25) is 0 Å². The maximum absolute atomic E-state index is 13.7. The monoisotopic (exact) mass is 533 g/mol. The molecule has 2 heterocycles. The van der Waals surface area contributed by atoms with Crippen molar-refractivity contribution in [3.05, 3.63) is 65.9 Å². The van der Waals surface area contributed by atoms with E-state index in [0.29, 0.717) is 10.6 Å². The molecule has 0 aliphatic carbocycles. The number of nitrogens with one attached hydrogen (secondary N) is 1. The topological polar surface area (TPSA) is 91.8 Å². The molecule has 1 saturated heterocycles. The molecule has 0 radical (unpaired) electrons. The Bertz CT molecular complexity index is 1300. The summed E-state index contributed by atoms with van der Waals surface area (Å²) in [7, 11) is 0. The number of hydrogen-bond donors (Lipinski definition) is 2. The molecule has 37 heavy (non-hydrogen) atoms. The highest BCUT2D eigenvalue weighted by molar-refractivity contribution is 8.00. The van der Waals surface area contributed by atoms with Crippen LogP contribution < -0.4 is 15.1 Å². The summed E-state index contributed by atoms with van der Waals surface area (Å²) in [6.07, 6.45) is -5.48. The molecule has 0 saturated carbocycles. The first-order valence-corrected chi connectivity index (χ1v) is 12.6. The van der Waals surface area contributed by atoms with Crippen molar-refractivity contribution in [3.63, 3.8) is 0 Å². The summed E-state index contributed by atoms with van der Waals surface area (Å²) in [4.78, 5) is 29.9. The Morgan fingerprint density at radius 1 is 1.22 bits per heavy atom. The van der Waals surface area contributed by atoms with E-state index in [1.54, 1.807) is 0 Å². The van der Waals surface area contributed by atoms with Crippen LogP contribution in [-0.2, 0) is 16.2 Å². The quantitative estimate of drug-likeness (QED) is 0.321. The average molecular weight is 534 g/mol. The van der Waals surface area contributed by atoms with Crippen molar-refractivity contribution in [2.75, 3.05) is 10.7 Å². The summed E-state index contributed by atoms with van der Waals surface area (Å²) in [6, 6.07) is 15.3. The zero-order valence-corrected chi connectivity index (χ0v) is 21.0. The van der Waals surface area contributed by atoms with Gasteiger partial charge in [0.15, 0.2) is 0 Å². The number of carbonyl (C=O) groups is 2. The molecule has 2 atom stereocenters. The molecule has 2 amide bonds. The second-order valence-corrected chi connectivity index (χ2v) is 10.5. The molecule has 2 N–H and O–H groups in total. The number of hydrogen-bond acceptors (Lipinski definition) is 6. The summed E-state index contributed by atoms with van der Waals surface area (Å²) in [5.41, 5.74) is 2.58. The summed E-state index contributed by atoms with van der Waals surface area (Å²) in [6.45, 7) is 3.91. The highest BCUT2D eigenvalue weighted by Gasteiger charge is 2.54. The number of halogens is 3. The first-order chi connectivity index (χ1) is 17.5. The lowest BCUT2D eigenvalue weighted by Gasteiger charge is -2.41. The first-order valence-electron chi connectivity index (χ1n) is 11.6. The maximum Gasteiger partial charge on any atom is 0.471 e. The number of amides is 2. The van der Waals surface area contributed by atoms with Gasteiger partial charge in [-0.3, -0.25) is 24.7 Å². The molecule has 2 unspecified atom stereocenters. The number of ether oxygens (including phenoxy) is 1. The maximum atomic E-state index is 13.7. The predicted octanol–water partition coefficient (Wildman–Crippen LogP) is 5.18. The SMILES string of the molecule is Cc1cc(COc2ccc(N(C(=O)C(F)(F)F)C3(CC(=O)NO)CSC(C)C3)cc2)c2ccccc2n1. The number of para-hydroxylation sites is 1. The normalized spacial score (nSPS) is 19.6. The van der Waals surface area contributed by atoms with Crippen LogP contribution in [0.15, 0.2) is 54.6 Å². The largest absolute Gasteiger partial charge is 0.489 e. The van der Waals surface area contributed by atoms with Gasteiger partial charge in [-0.25, -0.2) is 5.48 Å². The molecular formula is C26H26F3N3O4S. The van der Waals surface area contributed by atoms with Gasteiger partial charge in [-0.05, 0) is 49.7 Å². The minimum atomic E-state index is -5.16. The third-order valence-electron chi connectivity index (χ3n) is 6.26. The molecule has 3 aromatic rings. The van der Waals surface area contributed by atoms with Gasteiger partial charge in [0, 0.05) is 33.3 Å². The second-order valence-electron chi connectivity index (χ2n) is 9.12. The van der Waals surface area contributed by atoms with Gasteiger partial charge in [-0.15, -0.1) is 0 Å². The van der Waals surface area contributed by atoms with Gasteiger partial charge in [0.25, 0.3) is 0 Å². The minimum Gasteiger partial charge on any atom is -0.489 e. The molecule has 2 aromatic carbocycles. The fraction of sp³-hybridized carbons (Fsp3) is 0.346. The van der Waals surface area contributed by atoms with Crippen LogP contribution in [0.3, 0.4) is 0 Å². The Hall–Kier alpha value is -3.31. The lowest BCUT2D eigenvalue weighted by Crippen LogP contribution is -2.58. The number of thioether (sulfide) groups is 1. The van der Waals surface area contributed by atoms with Crippen molar-refractivity contribution in [2.24, 2.45) is 0 Å². The van der Waals surface area contributed by atoms with E-state index in [-0.39, 0.29) is 29.7 Å². The van der Waals surface area contributed by atoms with Crippen molar-refractivity contribution in [1.82, 2.24) is 10.5 Å². The van der Waals surface area contributed by atoms with E-state index in [9.17, 15) is 22.8 Å². The smallest absolute Gasteiger partial charge is 0.471 e. The number of benzene rings is 2. The van der Waals surface area contributed by atoms with Crippen molar-refractivity contribution in [3.8, 4) is 5.75 Å². The molecule has 0 bridgehead atoms. The van der Waals surface area contributed by atoms with Gasteiger partial charge in [0.2, 0.25) is 5.91 Å². The highest BCUT2D eigenvalue weighted by atomic mass is 32.2. The van der Waals surface area contributed by atoms with Gasteiger partial charge in [0.05, 0.1) is 17.5 Å². The third-order valence-corrected chi connectivity index (χ3v) is 7.70. The predicted molar refractivity (Wildman–Crippen MR) is 135 cm³/mol. The number of alkyl halides is 3. The van der Waals surface area contributed by atoms with E-state index >= 15 is 0 Å². The Kier molecular flexibility index (Phi) is 7.65. The van der Waals surface area contributed by atoms with E-state index in [1.807, 2.05) is 44.2 Å². The van der Waals surface area contributed by atoms with Gasteiger partial charge in [0.1, 0.15) is 12.4 Å². The number of carbonyl (C=O) groups excluding carboxylic acids is 2. The van der Waals surface area contributed by atoms with Crippen LogP contribution in [0.5, 0.6) is 5.75 Å².